The van der Waals surface area contributed by atoms with Crippen LogP contribution in [0, 0.1) is 11.6 Å². The van der Waals surface area contributed by atoms with E-state index in [-0.39, 0.29) is 11.6 Å². The highest BCUT2D eigenvalue weighted by Gasteiger charge is 2.28. The summed E-state index contributed by atoms with van der Waals surface area (Å²) in [6.07, 6.45) is 5.70. The lowest BCUT2D eigenvalue weighted by Crippen LogP contribution is -2.30. The minimum Gasteiger partial charge on any atom is -0.340 e. The van der Waals surface area contributed by atoms with Gasteiger partial charge in [0.15, 0.2) is 17.3 Å². The molecule has 1 amide bonds. The molecule has 0 atom stereocenters. The number of H-pyrrole nitrogens is 1. The number of carbonyl (C=O) groups excluding carboxylic acids is 1. The van der Waals surface area contributed by atoms with Gasteiger partial charge in [-0.15, -0.1) is 5.10 Å². The van der Waals surface area contributed by atoms with Gasteiger partial charge in [-0.1, -0.05) is 0 Å². The van der Waals surface area contributed by atoms with E-state index in [1.54, 1.807) is 0 Å². The van der Waals surface area contributed by atoms with Crippen molar-refractivity contribution in [2.45, 2.75) is 38.5 Å². The Morgan fingerprint density at radius 1 is 1.07 bits per heavy atom. The maximum Gasteiger partial charge on any atom is 0.278 e. The molecule has 1 aromatic carbocycles. The lowest BCUT2D eigenvalue weighted by Gasteiger charge is -2.24. The highest BCUT2D eigenvalue weighted by molar-refractivity contribution is 6.03. The van der Waals surface area contributed by atoms with Crippen molar-refractivity contribution in [2.75, 3.05) is 23.3 Å². The van der Waals surface area contributed by atoms with Crippen molar-refractivity contribution >= 4 is 17.8 Å². The quantitative estimate of drug-likeness (QED) is 0.686. The normalized spacial score (nSPS) is 16.0. The van der Waals surface area contributed by atoms with Gasteiger partial charge < -0.3 is 4.90 Å². The molecule has 0 unspecified atom stereocenters. The first-order chi connectivity index (χ1) is 14.6. The standard InChI is InChI=1S/C20H21F2N7O/c21-14-8-7-12(11-15(14)22)29-16-6-4-5-13(16)17(27-29)18(30)23-19-24-20(26-25-19)28-9-2-1-3-10-28/h7-8,11H,1-6,9-10H2,(H2,23,24,25,26,30). The lowest BCUT2D eigenvalue weighted by molar-refractivity contribution is 0.102. The first kappa shape index (κ1) is 18.7. The van der Waals surface area contributed by atoms with Crippen LogP contribution in [0.2, 0.25) is 0 Å². The number of halogens is 2. The largest absolute Gasteiger partial charge is 0.340 e. The lowest BCUT2D eigenvalue weighted by atomic mass is 10.1. The fourth-order valence-electron chi connectivity index (χ4n) is 4.16. The molecule has 5 rings (SSSR count). The monoisotopic (exact) mass is 413 g/mol. The summed E-state index contributed by atoms with van der Waals surface area (Å²) in [7, 11) is 0. The van der Waals surface area contributed by atoms with Gasteiger partial charge in [0.2, 0.25) is 11.9 Å². The van der Waals surface area contributed by atoms with E-state index in [0.29, 0.717) is 18.1 Å². The van der Waals surface area contributed by atoms with Gasteiger partial charge in [-0.2, -0.15) is 10.1 Å². The van der Waals surface area contributed by atoms with Gasteiger partial charge in [0, 0.05) is 30.4 Å². The molecule has 1 fully saturated rings. The van der Waals surface area contributed by atoms with Crippen molar-refractivity contribution in [1.82, 2.24) is 25.0 Å². The fourth-order valence-corrected chi connectivity index (χ4v) is 4.16. The van der Waals surface area contributed by atoms with Crippen LogP contribution in [-0.2, 0) is 12.8 Å². The molecular weight excluding hydrogens is 392 g/mol. The van der Waals surface area contributed by atoms with E-state index in [1.807, 2.05) is 0 Å². The Morgan fingerprint density at radius 3 is 2.70 bits per heavy atom. The predicted octanol–water partition coefficient (Wildman–Crippen LogP) is 3.00. The number of hydrogen-bond donors (Lipinski definition) is 2. The van der Waals surface area contributed by atoms with Gasteiger partial charge in [0.25, 0.3) is 5.91 Å². The summed E-state index contributed by atoms with van der Waals surface area (Å²) < 4.78 is 28.5. The summed E-state index contributed by atoms with van der Waals surface area (Å²) in [5.41, 5.74) is 2.33. The van der Waals surface area contributed by atoms with Crippen LogP contribution in [0.4, 0.5) is 20.7 Å². The van der Waals surface area contributed by atoms with Crippen LogP contribution in [0.5, 0.6) is 0 Å². The maximum absolute atomic E-state index is 13.7. The van der Waals surface area contributed by atoms with Crippen molar-refractivity contribution < 1.29 is 13.6 Å². The Hall–Kier alpha value is -3.30. The number of hydrogen-bond acceptors (Lipinski definition) is 5. The minimum absolute atomic E-state index is 0.259. The average Bonchev–Trinajstić information content (AvgIpc) is 3.47. The number of anilines is 2. The van der Waals surface area contributed by atoms with Gasteiger partial charge in [0.1, 0.15) is 0 Å². The van der Waals surface area contributed by atoms with Crippen LogP contribution in [0.1, 0.15) is 47.4 Å². The van der Waals surface area contributed by atoms with E-state index in [2.05, 4.69) is 30.5 Å². The first-order valence-corrected chi connectivity index (χ1v) is 10.1. The molecule has 1 aliphatic carbocycles. The van der Waals surface area contributed by atoms with Gasteiger partial charge in [-0.25, -0.2) is 18.6 Å². The summed E-state index contributed by atoms with van der Waals surface area (Å²) in [5, 5.41) is 14.1. The Bertz CT molecular complexity index is 1100. The van der Waals surface area contributed by atoms with Crippen molar-refractivity contribution in [1.29, 1.82) is 0 Å². The summed E-state index contributed by atoms with van der Waals surface area (Å²) in [4.78, 5) is 19.4. The molecule has 156 valence electrons. The second-order valence-electron chi connectivity index (χ2n) is 7.62. The second-order valence-corrected chi connectivity index (χ2v) is 7.62. The van der Waals surface area contributed by atoms with Crippen LogP contribution >= 0.6 is 0 Å². The third kappa shape index (κ3) is 3.31. The van der Waals surface area contributed by atoms with Crippen LogP contribution < -0.4 is 10.2 Å². The number of fused-ring (bicyclic) bond motifs is 1. The molecule has 0 radical (unpaired) electrons. The molecule has 3 heterocycles. The molecule has 3 aromatic rings. The summed E-state index contributed by atoms with van der Waals surface area (Å²) in [6.45, 7) is 1.80. The van der Waals surface area contributed by atoms with Gasteiger partial charge >= 0.3 is 0 Å². The van der Waals surface area contributed by atoms with Crippen molar-refractivity contribution in [3.63, 3.8) is 0 Å². The molecule has 30 heavy (non-hydrogen) atoms. The fraction of sp³-hybridized carbons (Fsp3) is 0.400. The van der Waals surface area contributed by atoms with E-state index < -0.39 is 17.5 Å². The van der Waals surface area contributed by atoms with E-state index in [4.69, 9.17) is 0 Å². The number of carbonyl (C=O) groups is 1. The van der Waals surface area contributed by atoms with Crippen LogP contribution in [0.15, 0.2) is 18.2 Å². The van der Waals surface area contributed by atoms with Crippen molar-refractivity contribution in [3.8, 4) is 5.69 Å². The molecule has 0 bridgehead atoms. The third-order valence-electron chi connectivity index (χ3n) is 5.64. The maximum atomic E-state index is 13.7. The van der Waals surface area contributed by atoms with Crippen LogP contribution in [-0.4, -0.2) is 44.0 Å². The Labute approximate surface area is 171 Å². The Balaban J connectivity index is 1.40. The van der Waals surface area contributed by atoms with Crippen molar-refractivity contribution in [3.05, 3.63) is 46.8 Å². The number of aromatic nitrogens is 5. The summed E-state index contributed by atoms with van der Waals surface area (Å²) >= 11 is 0. The number of amides is 1. The van der Waals surface area contributed by atoms with Gasteiger partial charge in [0.05, 0.1) is 5.69 Å². The molecular formula is C20H21F2N7O. The van der Waals surface area contributed by atoms with Gasteiger partial charge in [-0.05, 0) is 50.7 Å². The highest BCUT2D eigenvalue weighted by Crippen LogP contribution is 2.29. The topological polar surface area (TPSA) is 91.7 Å². The van der Waals surface area contributed by atoms with E-state index in [0.717, 1.165) is 62.2 Å². The van der Waals surface area contributed by atoms with Gasteiger partial charge in [-0.3, -0.25) is 10.1 Å². The minimum atomic E-state index is -0.951. The Kier molecular flexibility index (Phi) is 4.68. The first-order valence-electron chi connectivity index (χ1n) is 10.1. The van der Waals surface area contributed by atoms with Crippen LogP contribution in [0.3, 0.4) is 0 Å². The van der Waals surface area contributed by atoms with E-state index >= 15 is 0 Å². The smallest absolute Gasteiger partial charge is 0.278 e. The number of aromatic amines is 1. The molecule has 2 N–H and O–H groups in total. The summed E-state index contributed by atoms with van der Waals surface area (Å²) in [6, 6.07) is 3.60. The average molecular weight is 413 g/mol. The van der Waals surface area contributed by atoms with E-state index in [1.165, 1.54) is 17.2 Å². The molecule has 1 aliphatic heterocycles. The molecule has 2 aliphatic rings. The Morgan fingerprint density at radius 2 is 1.90 bits per heavy atom. The zero-order valence-corrected chi connectivity index (χ0v) is 16.3. The molecule has 1 saturated heterocycles. The number of benzene rings is 1. The number of nitrogens with one attached hydrogen (secondary N) is 2. The van der Waals surface area contributed by atoms with Crippen LogP contribution in [0.25, 0.3) is 5.69 Å². The second kappa shape index (κ2) is 7.51. The SMILES string of the molecule is O=C(Nc1nc(N2CCCCC2)n[nH]1)c1nn(-c2ccc(F)c(F)c2)c2c1CCC2. The number of piperidine rings is 1. The predicted molar refractivity (Wildman–Crippen MR) is 106 cm³/mol. The van der Waals surface area contributed by atoms with Crippen molar-refractivity contribution in [2.24, 2.45) is 0 Å². The number of rotatable bonds is 4. The summed E-state index contributed by atoms with van der Waals surface area (Å²) in [5.74, 6) is -1.45. The molecule has 8 nitrogen and oxygen atoms in total. The zero-order chi connectivity index (χ0) is 20.7. The third-order valence-corrected chi connectivity index (χ3v) is 5.64. The van der Waals surface area contributed by atoms with E-state index in [9.17, 15) is 13.6 Å². The molecule has 0 spiro atoms. The highest BCUT2D eigenvalue weighted by atomic mass is 19.2. The molecule has 0 saturated carbocycles. The number of nitrogens with zero attached hydrogens (tertiary/aromatic N) is 5. The molecule has 10 heteroatoms. The zero-order valence-electron chi connectivity index (χ0n) is 16.3. The molecule has 2 aromatic heterocycles.